The van der Waals surface area contributed by atoms with Crippen LogP contribution >= 0.6 is 0 Å². The van der Waals surface area contributed by atoms with Crippen LogP contribution in [0.15, 0.2) is 42.5 Å². The summed E-state index contributed by atoms with van der Waals surface area (Å²) >= 11 is 0. The molecule has 2 aromatic rings. The Morgan fingerprint density at radius 1 is 0.725 bits per heavy atom. The number of allylic oxidation sites excluding steroid dienone is 2. The summed E-state index contributed by atoms with van der Waals surface area (Å²) in [5.41, 5.74) is -1.39. The maximum atomic E-state index is 14.8. The van der Waals surface area contributed by atoms with E-state index < -0.39 is 47.0 Å². The Kier molecular flexibility index (Phi) is 9.35. The zero-order chi connectivity index (χ0) is 29.1. The van der Waals surface area contributed by atoms with Crippen LogP contribution in [0.1, 0.15) is 81.8 Å². The van der Waals surface area contributed by atoms with Crippen molar-refractivity contribution in [3.63, 3.8) is 0 Å². The number of alkyl halides is 5. The Bertz CT molecular complexity index is 1150. The van der Waals surface area contributed by atoms with Gasteiger partial charge < -0.3 is 9.47 Å². The molecule has 0 atom stereocenters. The molecule has 40 heavy (non-hydrogen) atoms. The lowest BCUT2D eigenvalue weighted by atomic mass is 9.77. The fraction of sp³-hybridized carbons (Fsp3) is 0.533. The normalized spacial score (nSPS) is 24.3. The van der Waals surface area contributed by atoms with E-state index in [4.69, 9.17) is 0 Å². The predicted octanol–water partition coefficient (Wildman–Crippen LogP) is 10.2. The van der Waals surface area contributed by atoms with Gasteiger partial charge >= 0.3 is 12.5 Å². The number of halogens is 8. The van der Waals surface area contributed by atoms with E-state index in [-0.39, 0.29) is 17.5 Å². The molecule has 2 aromatic carbocycles. The molecule has 10 heteroatoms. The van der Waals surface area contributed by atoms with Crippen molar-refractivity contribution in [3.8, 4) is 11.5 Å². The van der Waals surface area contributed by atoms with E-state index in [1.165, 1.54) is 32.1 Å². The lowest BCUT2D eigenvalue weighted by Crippen LogP contribution is -2.26. The standard InChI is InChI=1S/C30H32F8O2/c1-2-18-3-5-19(6-4-18)7-8-20-9-11-21(12-10-20)22-15-25(32)28(26(33)16-22)29(34,35)39-23-13-14-27(24(31)17-23)40-30(36,37)38/h7-8,13-21H,2-6,9-12H2,1H3/b8-7+. The van der Waals surface area contributed by atoms with E-state index in [1.54, 1.807) is 0 Å². The van der Waals surface area contributed by atoms with Crippen molar-refractivity contribution >= 4 is 0 Å². The first-order chi connectivity index (χ1) is 18.8. The highest BCUT2D eigenvalue weighted by atomic mass is 19.4. The van der Waals surface area contributed by atoms with Crippen molar-refractivity contribution in [2.24, 2.45) is 17.8 Å². The highest BCUT2D eigenvalue weighted by Gasteiger charge is 2.42. The third-order valence-corrected chi connectivity index (χ3v) is 8.10. The van der Waals surface area contributed by atoms with Crippen molar-refractivity contribution in [2.45, 2.75) is 83.1 Å². The van der Waals surface area contributed by atoms with Crippen molar-refractivity contribution in [1.29, 1.82) is 0 Å². The number of ether oxygens (including phenoxy) is 2. The van der Waals surface area contributed by atoms with Crippen LogP contribution in [-0.4, -0.2) is 6.36 Å². The Balaban J connectivity index is 1.38. The molecule has 0 aromatic heterocycles. The summed E-state index contributed by atoms with van der Waals surface area (Å²) in [5, 5.41) is 0. The van der Waals surface area contributed by atoms with E-state index in [0.29, 0.717) is 36.8 Å². The molecule has 0 heterocycles. The Morgan fingerprint density at radius 3 is 1.77 bits per heavy atom. The first-order valence-corrected chi connectivity index (χ1v) is 13.6. The van der Waals surface area contributed by atoms with E-state index in [9.17, 15) is 35.1 Å². The van der Waals surface area contributed by atoms with Crippen molar-refractivity contribution in [3.05, 3.63) is 71.1 Å². The van der Waals surface area contributed by atoms with Gasteiger partial charge in [-0.2, -0.15) is 8.78 Å². The molecule has 0 N–H and O–H groups in total. The molecule has 4 rings (SSSR count). The molecular weight excluding hydrogens is 544 g/mol. The highest BCUT2D eigenvalue weighted by Crippen LogP contribution is 2.41. The second-order valence-electron chi connectivity index (χ2n) is 10.8. The monoisotopic (exact) mass is 576 g/mol. The van der Waals surface area contributed by atoms with Gasteiger partial charge in [0, 0.05) is 6.07 Å². The second kappa shape index (κ2) is 12.4. The number of benzene rings is 2. The molecule has 0 unspecified atom stereocenters. The smallest absolute Gasteiger partial charge is 0.429 e. The van der Waals surface area contributed by atoms with Crippen molar-refractivity contribution < 1.29 is 44.6 Å². The second-order valence-corrected chi connectivity index (χ2v) is 10.8. The van der Waals surface area contributed by atoms with Crippen LogP contribution < -0.4 is 9.47 Å². The zero-order valence-corrected chi connectivity index (χ0v) is 22.1. The SMILES string of the molecule is CCC1CCC(/C=C/C2CCC(c3cc(F)c(C(F)(F)Oc4ccc(OC(F)(F)F)c(F)c4)c(F)c3)CC2)CC1. The van der Waals surface area contributed by atoms with E-state index in [0.717, 1.165) is 30.9 Å². The summed E-state index contributed by atoms with van der Waals surface area (Å²) in [6, 6.07) is 2.94. The quantitative estimate of drug-likeness (QED) is 0.230. The van der Waals surface area contributed by atoms with Gasteiger partial charge in [0.1, 0.15) is 22.9 Å². The third-order valence-electron chi connectivity index (χ3n) is 8.10. The van der Waals surface area contributed by atoms with Gasteiger partial charge in [0.15, 0.2) is 11.6 Å². The van der Waals surface area contributed by atoms with Gasteiger partial charge in [-0.25, -0.2) is 13.2 Å². The average Bonchev–Trinajstić information content (AvgIpc) is 2.88. The fourth-order valence-electron chi connectivity index (χ4n) is 5.81. The molecule has 2 fully saturated rings. The van der Waals surface area contributed by atoms with Gasteiger partial charge in [-0.15, -0.1) is 13.2 Å². The zero-order valence-electron chi connectivity index (χ0n) is 22.1. The minimum atomic E-state index is -5.20. The van der Waals surface area contributed by atoms with Crippen LogP contribution in [0, 0.1) is 35.2 Å². The maximum Gasteiger partial charge on any atom is 0.573 e. The van der Waals surface area contributed by atoms with Crippen LogP contribution in [0.2, 0.25) is 0 Å². The minimum Gasteiger partial charge on any atom is -0.429 e. The molecule has 2 aliphatic rings. The van der Waals surface area contributed by atoms with Crippen LogP contribution in [0.25, 0.3) is 0 Å². The molecule has 0 spiro atoms. The Labute approximate surface area is 228 Å². The summed E-state index contributed by atoms with van der Waals surface area (Å²) in [5.74, 6) is -5.29. The fourth-order valence-corrected chi connectivity index (χ4v) is 5.81. The molecule has 2 nitrogen and oxygen atoms in total. The summed E-state index contributed by atoms with van der Waals surface area (Å²) < 4.78 is 118. The topological polar surface area (TPSA) is 18.5 Å². The van der Waals surface area contributed by atoms with Crippen LogP contribution in [0.3, 0.4) is 0 Å². The van der Waals surface area contributed by atoms with Gasteiger partial charge in [0.05, 0.1) is 0 Å². The van der Waals surface area contributed by atoms with E-state index in [2.05, 4.69) is 28.5 Å². The Hall–Kier alpha value is -2.78. The first-order valence-electron chi connectivity index (χ1n) is 13.6. The Morgan fingerprint density at radius 2 is 1.27 bits per heavy atom. The molecule has 0 aliphatic heterocycles. The predicted molar refractivity (Wildman–Crippen MR) is 134 cm³/mol. The number of hydrogen-bond acceptors (Lipinski definition) is 2. The molecular formula is C30H32F8O2. The summed E-state index contributed by atoms with van der Waals surface area (Å²) in [7, 11) is 0. The maximum absolute atomic E-state index is 14.8. The lowest BCUT2D eigenvalue weighted by molar-refractivity contribution is -0.275. The number of rotatable bonds is 8. The van der Waals surface area contributed by atoms with Gasteiger partial charge in [-0.1, -0.05) is 25.5 Å². The average molecular weight is 577 g/mol. The molecule has 0 bridgehead atoms. The summed E-state index contributed by atoms with van der Waals surface area (Å²) in [4.78, 5) is 0. The molecule has 2 aliphatic carbocycles. The van der Waals surface area contributed by atoms with Crippen molar-refractivity contribution in [1.82, 2.24) is 0 Å². The van der Waals surface area contributed by atoms with Gasteiger partial charge in [0.2, 0.25) is 0 Å². The van der Waals surface area contributed by atoms with Crippen LogP contribution in [0.4, 0.5) is 35.1 Å². The van der Waals surface area contributed by atoms with Crippen molar-refractivity contribution in [2.75, 3.05) is 0 Å². The molecule has 0 saturated heterocycles. The summed E-state index contributed by atoms with van der Waals surface area (Å²) in [6.07, 6.45) is 3.95. The third kappa shape index (κ3) is 7.69. The minimum absolute atomic E-state index is 0.187. The van der Waals surface area contributed by atoms with E-state index in [1.807, 2.05) is 0 Å². The lowest BCUT2D eigenvalue weighted by Gasteiger charge is -2.29. The van der Waals surface area contributed by atoms with Crippen LogP contribution in [-0.2, 0) is 6.11 Å². The highest BCUT2D eigenvalue weighted by molar-refractivity contribution is 5.35. The van der Waals surface area contributed by atoms with Crippen LogP contribution in [0.5, 0.6) is 11.5 Å². The molecule has 0 amide bonds. The first kappa shape index (κ1) is 30.2. The number of hydrogen-bond donors (Lipinski definition) is 0. The summed E-state index contributed by atoms with van der Waals surface area (Å²) in [6.45, 7) is 2.23. The largest absolute Gasteiger partial charge is 0.573 e. The van der Waals surface area contributed by atoms with Gasteiger partial charge in [-0.3, -0.25) is 0 Å². The van der Waals surface area contributed by atoms with Gasteiger partial charge in [-0.05, 0) is 105 Å². The molecule has 220 valence electrons. The van der Waals surface area contributed by atoms with E-state index >= 15 is 0 Å². The molecule has 0 radical (unpaired) electrons. The molecule has 2 saturated carbocycles. The van der Waals surface area contributed by atoms with Gasteiger partial charge in [0.25, 0.3) is 0 Å².